The third kappa shape index (κ3) is 2.03. The molecule has 2 aromatic carbocycles. The second-order valence-electron chi connectivity index (χ2n) is 5.51. The van der Waals surface area contributed by atoms with Gasteiger partial charge in [-0.25, -0.2) is 0 Å². The van der Waals surface area contributed by atoms with E-state index < -0.39 is 0 Å². The van der Waals surface area contributed by atoms with Crippen LogP contribution < -0.4 is 14.8 Å². The lowest BCUT2D eigenvalue weighted by molar-refractivity contribution is -0.116. The first-order valence-corrected chi connectivity index (χ1v) is 7.00. The molecule has 4 heteroatoms. The molecule has 4 nitrogen and oxygen atoms in total. The van der Waals surface area contributed by atoms with Crippen LogP contribution in [0.3, 0.4) is 0 Å². The topological polar surface area (TPSA) is 47.6 Å². The summed E-state index contributed by atoms with van der Waals surface area (Å²) in [6.07, 6.45) is 0.454. The van der Waals surface area contributed by atoms with Crippen molar-refractivity contribution in [3.8, 4) is 11.5 Å². The van der Waals surface area contributed by atoms with Gasteiger partial charge in [0.2, 0.25) is 12.7 Å². The third-order valence-electron chi connectivity index (χ3n) is 4.03. The zero-order valence-corrected chi connectivity index (χ0v) is 11.7. The Bertz CT molecular complexity index is 739. The van der Waals surface area contributed by atoms with E-state index in [0.717, 1.165) is 22.6 Å². The number of amides is 1. The molecule has 4 rings (SSSR count). The molecule has 2 aromatic rings. The fraction of sp³-hybridized carbons (Fsp3) is 0.235. The van der Waals surface area contributed by atoms with Gasteiger partial charge in [-0.05, 0) is 24.1 Å². The van der Waals surface area contributed by atoms with Crippen molar-refractivity contribution in [3.05, 3.63) is 53.1 Å². The minimum absolute atomic E-state index is 0.0351. The van der Waals surface area contributed by atoms with Crippen LogP contribution >= 0.6 is 0 Å². The van der Waals surface area contributed by atoms with Crippen LogP contribution in [0, 0.1) is 6.92 Å². The Kier molecular flexibility index (Phi) is 2.64. The summed E-state index contributed by atoms with van der Waals surface area (Å²) in [5.74, 6) is 1.54. The molecule has 1 atom stereocenters. The molecule has 0 aliphatic carbocycles. The largest absolute Gasteiger partial charge is 0.454 e. The van der Waals surface area contributed by atoms with Crippen molar-refractivity contribution in [3.63, 3.8) is 0 Å². The highest BCUT2D eigenvalue weighted by Crippen LogP contribution is 2.44. The van der Waals surface area contributed by atoms with E-state index in [9.17, 15) is 4.79 Å². The summed E-state index contributed by atoms with van der Waals surface area (Å²) in [7, 11) is 0. The van der Waals surface area contributed by atoms with E-state index in [1.165, 1.54) is 5.56 Å². The molecule has 0 aromatic heterocycles. The average Bonchev–Trinajstić information content (AvgIpc) is 2.91. The van der Waals surface area contributed by atoms with Crippen LogP contribution in [0.2, 0.25) is 0 Å². The smallest absolute Gasteiger partial charge is 0.231 e. The Balaban J connectivity index is 1.85. The number of fused-ring (bicyclic) bond motifs is 2. The lowest BCUT2D eigenvalue weighted by Crippen LogP contribution is -2.23. The van der Waals surface area contributed by atoms with Crippen molar-refractivity contribution in [1.82, 2.24) is 0 Å². The van der Waals surface area contributed by atoms with Gasteiger partial charge in [0.1, 0.15) is 0 Å². The van der Waals surface area contributed by atoms with Gasteiger partial charge >= 0.3 is 0 Å². The normalized spacial score (nSPS) is 19.1. The molecule has 1 N–H and O–H groups in total. The summed E-state index contributed by atoms with van der Waals surface area (Å²) in [5, 5.41) is 2.93. The van der Waals surface area contributed by atoms with E-state index in [1.807, 2.05) is 18.2 Å². The highest BCUT2D eigenvalue weighted by molar-refractivity contribution is 5.96. The van der Waals surface area contributed by atoms with Crippen LogP contribution in [0.25, 0.3) is 0 Å². The number of hydrogen-bond donors (Lipinski definition) is 1. The predicted octanol–water partition coefficient (Wildman–Crippen LogP) is 3.20. The molecule has 0 radical (unpaired) electrons. The van der Waals surface area contributed by atoms with Crippen LogP contribution in [0.4, 0.5) is 5.69 Å². The molecule has 0 saturated heterocycles. The number of aryl methyl sites for hydroxylation is 1. The van der Waals surface area contributed by atoms with Gasteiger partial charge in [-0.15, -0.1) is 0 Å². The fourth-order valence-electron chi connectivity index (χ4n) is 3.04. The minimum Gasteiger partial charge on any atom is -0.454 e. The van der Waals surface area contributed by atoms with Gasteiger partial charge in [-0.2, -0.15) is 0 Å². The quantitative estimate of drug-likeness (QED) is 0.873. The van der Waals surface area contributed by atoms with Crippen LogP contribution in [-0.2, 0) is 4.79 Å². The summed E-state index contributed by atoms with van der Waals surface area (Å²) < 4.78 is 10.9. The maximum Gasteiger partial charge on any atom is 0.231 e. The number of rotatable bonds is 1. The molecule has 0 saturated carbocycles. The first-order chi connectivity index (χ1) is 10.2. The van der Waals surface area contributed by atoms with Crippen molar-refractivity contribution >= 4 is 11.6 Å². The molecule has 1 amide bonds. The van der Waals surface area contributed by atoms with Crippen molar-refractivity contribution in [2.75, 3.05) is 12.1 Å². The van der Waals surface area contributed by atoms with E-state index in [4.69, 9.17) is 9.47 Å². The zero-order valence-electron chi connectivity index (χ0n) is 11.7. The maximum atomic E-state index is 12.0. The lowest BCUT2D eigenvalue weighted by atomic mass is 9.84. The van der Waals surface area contributed by atoms with Crippen molar-refractivity contribution in [2.24, 2.45) is 0 Å². The lowest BCUT2D eigenvalue weighted by Gasteiger charge is -2.26. The van der Waals surface area contributed by atoms with Crippen LogP contribution in [0.15, 0.2) is 36.4 Å². The summed E-state index contributed by atoms with van der Waals surface area (Å²) in [4.78, 5) is 12.0. The highest BCUT2D eigenvalue weighted by atomic mass is 16.7. The Labute approximate surface area is 122 Å². The number of nitrogens with one attached hydrogen (secondary N) is 1. The van der Waals surface area contributed by atoms with Crippen molar-refractivity contribution in [1.29, 1.82) is 0 Å². The fourth-order valence-corrected chi connectivity index (χ4v) is 3.04. The van der Waals surface area contributed by atoms with Gasteiger partial charge in [-0.3, -0.25) is 4.79 Å². The second kappa shape index (κ2) is 4.52. The van der Waals surface area contributed by atoms with Crippen LogP contribution in [0.1, 0.15) is 29.0 Å². The van der Waals surface area contributed by atoms with E-state index >= 15 is 0 Å². The molecule has 2 aliphatic heterocycles. The SMILES string of the molecule is Cc1cccc(C2CC(=O)Nc3cc4c(cc32)OCO4)c1. The van der Waals surface area contributed by atoms with Gasteiger partial charge in [0.25, 0.3) is 0 Å². The van der Waals surface area contributed by atoms with Gasteiger partial charge in [0.05, 0.1) is 0 Å². The standard InChI is InChI=1S/C17H15NO3/c1-10-3-2-4-11(5-10)12-7-17(19)18-14-8-16-15(6-13(12)14)20-9-21-16/h2-6,8,12H,7,9H2,1H3,(H,18,19). The molecular formula is C17H15NO3. The van der Waals surface area contributed by atoms with Crippen LogP contribution in [-0.4, -0.2) is 12.7 Å². The zero-order chi connectivity index (χ0) is 14.4. The molecular weight excluding hydrogens is 266 g/mol. The molecule has 0 fully saturated rings. The van der Waals surface area contributed by atoms with Gasteiger partial charge in [0.15, 0.2) is 11.5 Å². The molecule has 1 unspecified atom stereocenters. The van der Waals surface area contributed by atoms with E-state index in [2.05, 4.69) is 30.4 Å². The summed E-state index contributed by atoms with van der Waals surface area (Å²) in [5.41, 5.74) is 4.26. The number of anilines is 1. The van der Waals surface area contributed by atoms with Gasteiger partial charge in [-0.1, -0.05) is 29.8 Å². The van der Waals surface area contributed by atoms with E-state index in [1.54, 1.807) is 0 Å². The van der Waals surface area contributed by atoms with E-state index in [-0.39, 0.29) is 18.6 Å². The Morgan fingerprint density at radius 2 is 1.95 bits per heavy atom. The molecule has 21 heavy (non-hydrogen) atoms. The molecule has 106 valence electrons. The van der Waals surface area contributed by atoms with Crippen molar-refractivity contribution < 1.29 is 14.3 Å². The Morgan fingerprint density at radius 3 is 2.76 bits per heavy atom. The Morgan fingerprint density at radius 1 is 1.14 bits per heavy atom. The molecule has 0 spiro atoms. The molecule has 0 bridgehead atoms. The molecule has 2 heterocycles. The second-order valence-corrected chi connectivity index (χ2v) is 5.51. The monoisotopic (exact) mass is 281 g/mol. The maximum absolute atomic E-state index is 12.0. The minimum atomic E-state index is 0.0351. The molecule has 2 aliphatic rings. The number of carbonyl (C=O) groups excluding carboxylic acids is 1. The number of ether oxygens (including phenoxy) is 2. The van der Waals surface area contributed by atoms with Crippen LogP contribution in [0.5, 0.6) is 11.5 Å². The number of hydrogen-bond acceptors (Lipinski definition) is 3. The highest BCUT2D eigenvalue weighted by Gasteiger charge is 2.29. The first kappa shape index (κ1) is 12.3. The van der Waals surface area contributed by atoms with Gasteiger partial charge in [0, 0.05) is 24.1 Å². The number of carbonyl (C=O) groups is 1. The average molecular weight is 281 g/mol. The van der Waals surface area contributed by atoms with Gasteiger partial charge < -0.3 is 14.8 Å². The third-order valence-corrected chi connectivity index (χ3v) is 4.03. The first-order valence-electron chi connectivity index (χ1n) is 7.00. The summed E-state index contributed by atoms with van der Waals surface area (Å²) in [6, 6.07) is 12.2. The summed E-state index contributed by atoms with van der Waals surface area (Å²) in [6.45, 7) is 2.30. The Hall–Kier alpha value is -2.49. The van der Waals surface area contributed by atoms with Crippen molar-refractivity contribution in [2.45, 2.75) is 19.3 Å². The predicted molar refractivity (Wildman–Crippen MR) is 78.8 cm³/mol. The van der Waals surface area contributed by atoms with E-state index in [0.29, 0.717) is 12.2 Å². The number of benzene rings is 2. The summed E-state index contributed by atoms with van der Waals surface area (Å²) >= 11 is 0.